The monoisotopic (exact) mass is 1100 g/mol. The number of aromatic hydroxyl groups is 1. The van der Waals surface area contributed by atoms with Gasteiger partial charge in [0.05, 0.1) is 37.3 Å². The molecule has 14 nitrogen and oxygen atoms in total. The molecule has 3 aliphatic heterocycles. The molecule has 3 aromatic carbocycles. The number of nitrogens with one attached hydrogen (secondary N) is 2. The molecule has 80 heavy (non-hydrogen) atoms. The van der Waals surface area contributed by atoms with E-state index in [-0.39, 0.29) is 105 Å². The summed E-state index contributed by atoms with van der Waals surface area (Å²) in [6.07, 6.45) is 10.8. The maximum atomic E-state index is 15.9. The van der Waals surface area contributed by atoms with Gasteiger partial charge < -0.3 is 55.5 Å². The molecule has 14 heteroatoms. The number of Topliss-reactive ketones (excluding diaryl/α,β-unsaturated/α-hetero) is 1. The Morgan fingerprint density at radius 1 is 0.838 bits per heavy atom. The first-order chi connectivity index (χ1) is 38.6. The van der Waals surface area contributed by atoms with Crippen molar-refractivity contribution in [3.63, 3.8) is 0 Å². The van der Waals surface area contributed by atoms with Gasteiger partial charge in [0.2, 0.25) is 0 Å². The smallest absolute Gasteiger partial charge is 0.334 e. The van der Waals surface area contributed by atoms with E-state index >= 15 is 4.79 Å². The van der Waals surface area contributed by atoms with Crippen molar-refractivity contribution in [3.05, 3.63) is 99.1 Å². The van der Waals surface area contributed by atoms with Crippen LogP contribution in [0.1, 0.15) is 185 Å². The number of ketones is 1. The van der Waals surface area contributed by atoms with Crippen molar-refractivity contribution in [2.45, 2.75) is 201 Å². The number of phenols is 1. The maximum absolute atomic E-state index is 15.9. The van der Waals surface area contributed by atoms with Gasteiger partial charge in [-0.15, -0.1) is 0 Å². The fourth-order valence-electron chi connectivity index (χ4n) is 15.8. The highest BCUT2D eigenvalue weighted by Gasteiger charge is 2.62. The van der Waals surface area contributed by atoms with Gasteiger partial charge in [0.15, 0.2) is 0 Å². The summed E-state index contributed by atoms with van der Waals surface area (Å²) in [6.45, 7) is 1.63. The molecule has 0 saturated heterocycles. The van der Waals surface area contributed by atoms with Crippen molar-refractivity contribution in [2.24, 2.45) is 29.6 Å². The highest BCUT2D eigenvalue weighted by atomic mass is 16.6. The van der Waals surface area contributed by atoms with Crippen LogP contribution in [0, 0.1) is 41.4 Å². The van der Waals surface area contributed by atoms with Crippen LogP contribution in [0.15, 0.2) is 60.2 Å². The van der Waals surface area contributed by atoms with Crippen LogP contribution < -0.4 is 15.4 Å². The SMILES string of the molecule is CNCC(O)c1cc(NCC(C)(O)C(O)COC2CCCC2)cc(C2C#CC3CC(=O)Oc4c3cc(c(O)c4C3CCCCC3)CC3OC(=O)C(=CC(O)Cc4cccc(c4)CC4C(=O)CCC5C4CC4CCCCC4C35O)C2)c1. The van der Waals surface area contributed by atoms with Crippen LogP contribution in [-0.2, 0) is 43.1 Å². The first-order valence-corrected chi connectivity index (χ1v) is 30.3. The highest BCUT2D eigenvalue weighted by molar-refractivity contribution is 5.89. The van der Waals surface area contributed by atoms with Gasteiger partial charge in [0.25, 0.3) is 0 Å². The quantitative estimate of drug-likeness (QED) is 0.0484. The van der Waals surface area contributed by atoms with Crippen molar-refractivity contribution in [2.75, 3.05) is 32.1 Å². The largest absolute Gasteiger partial charge is 0.507 e. The number of carbonyl (C=O) groups excluding carboxylic acids is 3. The number of hydrogen-bond donors (Lipinski definition) is 8. The number of phenolic OH excluding ortho intramolecular Hbond substituents is 1. The Balaban J connectivity index is 1.08. The number of carbonyl (C=O) groups is 3. The van der Waals surface area contributed by atoms with Crippen LogP contribution in [-0.4, -0.2) is 111 Å². The van der Waals surface area contributed by atoms with Crippen molar-refractivity contribution >= 4 is 23.4 Å². The molecule has 430 valence electrons. The lowest BCUT2D eigenvalue weighted by atomic mass is 9.48. The lowest BCUT2D eigenvalue weighted by Gasteiger charge is -2.59. The topological polar surface area (TPSA) is 224 Å². The molecule has 11 rings (SSSR count). The van der Waals surface area contributed by atoms with E-state index in [0.29, 0.717) is 58.5 Å². The summed E-state index contributed by atoms with van der Waals surface area (Å²) in [4.78, 5) is 44.2. The number of rotatable bonds is 12. The third-order valence-corrected chi connectivity index (χ3v) is 20.1. The van der Waals surface area contributed by atoms with Crippen molar-refractivity contribution < 1.29 is 59.2 Å². The van der Waals surface area contributed by atoms with Crippen molar-refractivity contribution in [3.8, 4) is 23.3 Å². The van der Waals surface area contributed by atoms with Crippen LogP contribution in [0.3, 0.4) is 0 Å². The average Bonchev–Trinajstić information content (AvgIpc) is 4.12. The van der Waals surface area contributed by atoms with Crippen molar-refractivity contribution in [1.29, 1.82) is 0 Å². The molecule has 13 unspecified atom stereocenters. The number of fused-ring (bicyclic) bond motifs is 9. The predicted octanol–water partition coefficient (Wildman–Crippen LogP) is 8.45. The van der Waals surface area contributed by atoms with E-state index in [1.807, 2.05) is 42.5 Å². The number of hydrogen-bond acceptors (Lipinski definition) is 14. The summed E-state index contributed by atoms with van der Waals surface area (Å²) in [7, 11) is 1.74. The zero-order valence-corrected chi connectivity index (χ0v) is 46.8. The number of esters is 2. The van der Waals surface area contributed by atoms with E-state index in [4.69, 9.17) is 14.2 Å². The van der Waals surface area contributed by atoms with Gasteiger partial charge in [-0.05, 0) is 153 Å². The third kappa shape index (κ3) is 11.8. The summed E-state index contributed by atoms with van der Waals surface area (Å²) < 4.78 is 19.3. The molecule has 0 amide bonds. The van der Waals surface area contributed by atoms with E-state index in [2.05, 4.69) is 22.5 Å². The molecular formula is C66H84N2O12. The summed E-state index contributed by atoms with van der Waals surface area (Å²) in [5.74, 6) is 3.42. The predicted molar refractivity (Wildman–Crippen MR) is 302 cm³/mol. The second-order valence-electron chi connectivity index (χ2n) is 25.5. The fraction of sp³-hybridized carbons (Fsp3) is 0.621. The van der Waals surface area contributed by atoms with Crippen LogP contribution in [0.5, 0.6) is 11.5 Å². The van der Waals surface area contributed by atoms with Crippen LogP contribution in [0.2, 0.25) is 0 Å². The van der Waals surface area contributed by atoms with Crippen LogP contribution >= 0.6 is 0 Å². The van der Waals surface area contributed by atoms with E-state index in [0.717, 1.165) is 94.6 Å². The minimum absolute atomic E-state index is 0.0279. The Bertz CT molecular complexity index is 2880. The normalized spacial score (nSPS) is 31.6. The zero-order chi connectivity index (χ0) is 55.9. The molecule has 5 fully saturated rings. The number of aliphatic hydroxyl groups is 5. The standard InChI is InChI=1S/C66H84N2O12/c1-65(76,58(72)36-78-50-16-7-8-17-50)37-68-48-28-44(27-45(29-48)57(71)35-67-2)41-19-20-42-34-60(73)80-63-51(42)32-46(62(74)61(63)40-13-4-3-5-14-40)33-59-66(77)54-18-9-6-15-43(54)31-52-53(56(70)22-21-55(52)66)25-39-12-10-11-38(23-39)24-49(69)30-47(26-41)64(75)79-59/h10-12,23,27-30,32,40-43,49-50,52-55,57-59,67-69,71-72,74,76-77H,3-9,13-18,21-22,24-26,31,33-37H2,1-2H3. The molecule has 5 aliphatic carbocycles. The molecule has 0 spiro atoms. The molecular weight excluding hydrogens is 1010 g/mol. The Kier molecular flexibility index (Phi) is 17.0. The first-order valence-electron chi connectivity index (χ1n) is 30.3. The molecule has 13 atom stereocenters. The van der Waals surface area contributed by atoms with Gasteiger partial charge in [0.1, 0.15) is 40.7 Å². The number of ether oxygens (including phenoxy) is 3. The molecule has 8 N–H and O–H groups in total. The lowest BCUT2D eigenvalue weighted by Crippen LogP contribution is -2.65. The second kappa shape index (κ2) is 24.0. The minimum Gasteiger partial charge on any atom is -0.507 e. The minimum atomic E-state index is -1.63. The molecule has 0 radical (unpaired) electrons. The van der Waals surface area contributed by atoms with E-state index in [1.165, 1.54) is 0 Å². The number of benzene rings is 3. The van der Waals surface area contributed by atoms with Crippen LogP contribution in [0.4, 0.5) is 5.69 Å². The fourth-order valence-corrected chi connectivity index (χ4v) is 15.8. The molecule has 3 aromatic rings. The van der Waals surface area contributed by atoms with Gasteiger partial charge >= 0.3 is 11.9 Å². The first kappa shape index (κ1) is 56.7. The second-order valence-corrected chi connectivity index (χ2v) is 25.5. The molecule has 0 aromatic heterocycles. The third-order valence-electron chi connectivity index (χ3n) is 20.1. The van der Waals surface area contributed by atoms with E-state index in [1.54, 1.807) is 26.1 Å². The Morgan fingerprint density at radius 3 is 2.36 bits per heavy atom. The summed E-state index contributed by atoms with van der Waals surface area (Å²) in [6, 6.07) is 15.3. The van der Waals surface area contributed by atoms with E-state index in [9.17, 15) is 40.2 Å². The van der Waals surface area contributed by atoms with E-state index < -0.39 is 65.3 Å². The Hall–Kier alpha value is -5.11. The summed E-state index contributed by atoms with van der Waals surface area (Å²) >= 11 is 0. The maximum Gasteiger partial charge on any atom is 0.334 e. The molecule has 3 heterocycles. The van der Waals surface area contributed by atoms with Gasteiger partial charge in [0, 0.05) is 66.6 Å². The summed E-state index contributed by atoms with van der Waals surface area (Å²) in [5, 5.41) is 80.4. The van der Waals surface area contributed by atoms with Gasteiger partial charge in [-0.1, -0.05) is 93.5 Å². The van der Waals surface area contributed by atoms with Gasteiger partial charge in [-0.3, -0.25) is 9.59 Å². The molecule has 10 bridgehead atoms. The number of likely N-dealkylation sites (N-methyl/N-ethyl adjacent to an activating group) is 1. The average molecular weight is 1100 g/mol. The van der Waals surface area contributed by atoms with Crippen LogP contribution in [0.25, 0.3) is 0 Å². The zero-order valence-electron chi connectivity index (χ0n) is 46.8. The lowest BCUT2D eigenvalue weighted by molar-refractivity contribution is -0.228. The Labute approximate surface area is 471 Å². The molecule has 5 saturated carbocycles. The summed E-state index contributed by atoms with van der Waals surface area (Å²) in [5.41, 5.74) is 1.94. The molecule has 8 aliphatic rings. The van der Waals surface area contributed by atoms with Gasteiger partial charge in [-0.25, -0.2) is 4.79 Å². The number of aliphatic hydroxyl groups excluding tert-OH is 3. The Morgan fingerprint density at radius 2 is 1.57 bits per heavy atom. The van der Waals surface area contributed by atoms with Gasteiger partial charge in [-0.2, -0.15) is 0 Å². The van der Waals surface area contributed by atoms with Crippen molar-refractivity contribution in [1.82, 2.24) is 5.32 Å². The highest BCUT2D eigenvalue weighted by Crippen LogP contribution is 2.59. The number of anilines is 1.